The number of pyridine rings is 1. The van der Waals surface area contributed by atoms with E-state index in [-0.39, 0.29) is 0 Å². The molecular weight excluding hydrogens is 242 g/mol. The van der Waals surface area contributed by atoms with Crippen molar-refractivity contribution in [3.05, 3.63) is 65.3 Å². The van der Waals surface area contributed by atoms with Crippen LogP contribution in [0.1, 0.15) is 17.2 Å². The van der Waals surface area contributed by atoms with Gasteiger partial charge in [0.15, 0.2) is 0 Å². The number of fused-ring (bicyclic) bond motifs is 1. The number of hydrogen-bond donors (Lipinski definition) is 1. The molecule has 1 N–H and O–H groups in total. The normalized spacial score (nSPS) is 12.7. The van der Waals surface area contributed by atoms with Gasteiger partial charge in [-0.05, 0) is 40.1 Å². The summed E-state index contributed by atoms with van der Waals surface area (Å²) in [5, 5.41) is 13.6. The average Bonchev–Trinajstić information content (AvgIpc) is 2.87. The minimum absolute atomic E-state index is 0.463. The van der Waals surface area contributed by atoms with Crippen molar-refractivity contribution in [3.8, 4) is 0 Å². The highest BCUT2D eigenvalue weighted by molar-refractivity contribution is 7.17. The second kappa shape index (κ2) is 4.88. The summed E-state index contributed by atoms with van der Waals surface area (Å²) in [5.41, 5.74) is 2.12. The molecule has 1 atom stereocenters. The monoisotopic (exact) mass is 255 g/mol. The van der Waals surface area contributed by atoms with Gasteiger partial charge in [0, 0.05) is 23.5 Å². The molecule has 2 heterocycles. The number of thiophene rings is 1. The molecule has 0 bridgehead atoms. The van der Waals surface area contributed by atoms with Crippen LogP contribution in [0, 0.1) is 0 Å². The first-order chi connectivity index (χ1) is 8.84. The Morgan fingerprint density at radius 2 is 1.94 bits per heavy atom. The lowest BCUT2D eigenvalue weighted by atomic mass is 10.0. The lowest BCUT2D eigenvalue weighted by molar-refractivity contribution is 0.180. The van der Waals surface area contributed by atoms with Crippen LogP contribution in [0.2, 0.25) is 0 Å². The van der Waals surface area contributed by atoms with Gasteiger partial charge in [-0.2, -0.15) is 0 Å². The van der Waals surface area contributed by atoms with Gasteiger partial charge in [-0.25, -0.2) is 0 Å². The summed E-state index contributed by atoms with van der Waals surface area (Å²) < 4.78 is 1.18. The molecule has 18 heavy (non-hydrogen) atoms. The second-order valence-corrected chi connectivity index (χ2v) is 5.18. The minimum Gasteiger partial charge on any atom is -0.388 e. The quantitative estimate of drug-likeness (QED) is 0.776. The second-order valence-electron chi connectivity index (χ2n) is 4.26. The first-order valence-corrected chi connectivity index (χ1v) is 6.75. The van der Waals surface area contributed by atoms with Crippen LogP contribution in [0.4, 0.5) is 0 Å². The molecule has 1 unspecified atom stereocenters. The first kappa shape index (κ1) is 11.4. The van der Waals surface area contributed by atoms with Crippen molar-refractivity contribution in [3.63, 3.8) is 0 Å². The summed E-state index contributed by atoms with van der Waals surface area (Å²) in [6.45, 7) is 0. The van der Waals surface area contributed by atoms with Gasteiger partial charge in [0.2, 0.25) is 0 Å². The van der Waals surface area contributed by atoms with Gasteiger partial charge in [-0.15, -0.1) is 11.3 Å². The standard InChI is InChI=1S/C15H13NOS/c17-14(10-11-4-7-16-8-5-11)13-3-1-2-12-6-9-18-15(12)13/h1-9,14,17H,10H2. The highest BCUT2D eigenvalue weighted by Crippen LogP contribution is 2.30. The van der Waals surface area contributed by atoms with E-state index >= 15 is 0 Å². The fraction of sp³-hybridized carbons (Fsp3) is 0.133. The van der Waals surface area contributed by atoms with Crippen LogP contribution in [0.15, 0.2) is 54.2 Å². The van der Waals surface area contributed by atoms with E-state index < -0.39 is 6.10 Å². The van der Waals surface area contributed by atoms with E-state index in [0.29, 0.717) is 6.42 Å². The van der Waals surface area contributed by atoms with Crippen LogP contribution in [0.5, 0.6) is 0 Å². The van der Waals surface area contributed by atoms with E-state index in [2.05, 4.69) is 22.5 Å². The van der Waals surface area contributed by atoms with Crippen LogP contribution in [-0.4, -0.2) is 10.1 Å². The molecule has 0 aliphatic heterocycles. The Morgan fingerprint density at radius 3 is 2.78 bits per heavy atom. The zero-order valence-electron chi connectivity index (χ0n) is 9.78. The molecule has 0 radical (unpaired) electrons. The van der Waals surface area contributed by atoms with Crippen molar-refractivity contribution in [2.75, 3.05) is 0 Å². The smallest absolute Gasteiger partial charge is 0.0844 e. The van der Waals surface area contributed by atoms with Gasteiger partial charge in [-0.1, -0.05) is 18.2 Å². The van der Waals surface area contributed by atoms with E-state index in [1.807, 2.05) is 24.3 Å². The highest BCUT2D eigenvalue weighted by atomic mass is 32.1. The molecule has 3 aromatic rings. The number of nitrogens with zero attached hydrogens (tertiary/aromatic N) is 1. The maximum atomic E-state index is 10.4. The maximum Gasteiger partial charge on any atom is 0.0844 e. The molecule has 3 rings (SSSR count). The van der Waals surface area contributed by atoms with Crippen molar-refractivity contribution in [2.45, 2.75) is 12.5 Å². The SMILES string of the molecule is OC(Cc1ccncc1)c1cccc2ccsc12. The van der Waals surface area contributed by atoms with E-state index in [1.165, 1.54) is 10.1 Å². The third-order valence-electron chi connectivity index (χ3n) is 3.05. The van der Waals surface area contributed by atoms with E-state index in [1.54, 1.807) is 23.7 Å². The van der Waals surface area contributed by atoms with Gasteiger partial charge < -0.3 is 5.11 Å². The van der Waals surface area contributed by atoms with E-state index in [9.17, 15) is 5.11 Å². The number of benzene rings is 1. The first-order valence-electron chi connectivity index (χ1n) is 5.87. The van der Waals surface area contributed by atoms with Gasteiger partial charge in [0.25, 0.3) is 0 Å². The molecule has 3 heteroatoms. The summed E-state index contributed by atoms with van der Waals surface area (Å²) in [5.74, 6) is 0. The Hall–Kier alpha value is -1.71. The third-order valence-corrected chi connectivity index (χ3v) is 4.03. The number of aliphatic hydroxyl groups is 1. The summed E-state index contributed by atoms with van der Waals surface area (Å²) in [4.78, 5) is 3.99. The molecule has 0 saturated heterocycles. The number of hydrogen-bond acceptors (Lipinski definition) is 3. The van der Waals surface area contributed by atoms with Gasteiger partial charge in [-0.3, -0.25) is 4.98 Å². The third kappa shape index (κ3) is 2.15. The van der Waals surface area contributed by atoms with Crippen molar-refractivity contribution in [1.82, 2.24) is 4.98 Å². The molecule has 0 amide bonds. The molecule has 90 valence electrons. The lowest BCUT2D eigenvalue weighted by Gasteiger charge is -2.12. The highest BCUT2D eigenvalue weighted by Gasteiger charge is 2.12. The Labute approximate surface area is 110 Å². The molecule has 0 spiro atoms. The van der Waals surface area contributed by atoms with E-state index in [0.717, 1.165) is 11.1 Å². The molecule has 0 aliphatic carbocycles. The fourth-order valence-electron chi connectivity index (χ4n) is 2.13. The Kier molecular flexibility index (Phi) is 3.09. The Balaban J connectivity index is 1.92. The van der Waals surface area contributed by atoms with Crippen LogP contribution < -0.4 is 0 Å². The fourth-order valence-corrected chi connectivity index (χ4v) is 3.09. The minimum atomic E-state index is -0.463. The Bertz CT molecular complexity index is 648. The topological polar surface area (TPSA) is 33.1 Å². The van der Waals surface area contributed by atoms with Gasteiger partial charge >= 0.3 is 0 Å². The lowest BCUT2D eigenvalue weighted by Crippen LogP contribution is -2.01. The molecule has 0 fully saturated rings. The van der Waals surface area contributed by atoms with Crippen LogP contribution in [0.25, 0.3) is 10.1 Å². The molecule has 2 aromatic heterocycles. The Morgan fingerprint density at radius 1 is 1.11 bits per heavy atom. The predicted octanol–water partition coefficient (Wildman–Crippen LogP) is 3.57. The van der Waals surface area contributed by atoms with E-state index in [4.69, 9.17) is 0 Å². The van der Waals surface area contributed by atoms with Crippen LogP contribution in [0.3, 0.4) is 0 Å². The maximum absolute atomic E-state index is 10.4. The summed E-state index contributed by atoms with van der Waals surface area (Å²) >= 11 is 1.68. The molecule has 0 aliphatic rings. The zero-order valence-corrected chi connectivity index (χ0v) is 10.6. The van der Waals surface area contributed by atoms with Gasteiger partial charge in [0.05, 0.1) is 6.10 Å². The molecule has 2 nitrogen and oxygen atoms in total. The average molecular weight is 255 g/mol. The number of rotatable bonds is 3. The largest absolute Gasteiger partial charge is 0.388 e. The zero-order chi connectivity index (χ0) is 12.4. The van der Waals surface area contributed by atoms with Crippen molar-refractivity contribution in [1.29, 1.82) is 0 Å². The van der Waals surface area contributed by atoms with Crippen molar-refractivity contribution < 1.29 is 5.11 Å². The number of aliphatic hydroxyl groups excluding tert-OH is 1. The van der Waals surface area contributed by atoms with Crippen molar-refractivity contribution in [2.24, 2.45) is 0 Å². The molecular formula is C15H13NOS. The number of aromatic nitrogens is 1. The molecule has 1 aromatic carbocycles. The molecule has 0 saturated carbocycles. The predicted molar refractivity (Wildman–Crippen MR) is 74.7 cm³/mol. The summed E-state index contributed by atoms with van der Waals surface area (Å²) in [6.07, 6.45) is 3.68. The van der Waals surface area contributed by atoms with Crippen LogP contribution >= 0.6 is 11.3 Å². The summed E-state index contributed by atoms with van der Waals surface area (Å²) in [7, 11) is 0. The summed E-state index contributed by atoms with van der Waals surface area (Å²) in [6, 6.07) is 12.1. The van der Waals surface area contributed by atoms with Crippen LogP contribution in [-0.2, 0) is 6.42 Å². The van der Waals surface area contributed by atoms with Crippen molar-refractivity contribution >= 4 is 21.4 Å². The van der Waals surface area contributed by atoms with Gasteiger partial charge in [0.1, 0.15) is 0 Å².